The van der Waals surface area contributed by atoms with Crippen LogP contribution in [0.15, 0.2) is 46.9 Å². The number of hydrogen-bond acceptors (Lipinski definition) is 4. The van der Waals surface area contributed by atoms with Crippen LogP contribution < -0.4 is 11.1 Å². The number of nitrogens with one attached hydrogen (secondary N) is 1. The number of furan rings is 1. The van der Waals surface area contributed by atoms with Crippen molar-refractivity contribution in [3.05, 3.63) is 59.4 Å². The fraction of sp³-hybridized carbons (Fsp3) is 0.211. The third-order valence-corrected chi connectivity index (χ3v) is 4.04. The lowest BCUT2D eigenvalue weighted by molar-refractivity contribution is -0.136. The van der Waals surface area contributed by atoms with Crippen LogP contribution >= 0.6 is 0 Å². The van der Waals surface area contributed by atoms with Gasteiger partial charge in [0.05, 0.1) is 23.8 Å². The molecule has 3 rings (SSSR count). The van der Waals surface area contributed by atoms with E-state index in [1.807, 2.05) is 0 Å². The molecule has 142 valence electrons. The third-order valence-electron chi connectivity index (χ3n) is 4.04. The fourth-order valence-electron chi connectivity index (χ4n) is 2.74. The molecule has 8 heteroatoms. The maximum atomic E-state index is 13.5. The predicted molar refractivity (Wildman–Crippen MR) is 94.1 cm³/mol. The number of aromatic carboxylic acids is 1. The van der Waals surface area contributed by atoms with Gasteiger partial charge in [0.2, 0.25) is 0 Å². The minimum Gasteiger partial charge on any atom is -0.478 e. The first-order valence-electron chi connectivity index (χ1n) is 8.11. The molecule has 1 unspecified atom stereocenters. The molecule has 0 bridgehead atoms. The average Bonchev–Trinajstić information content (AvgIpc) is 3.01. The quantitative estimate of drug-likeness (QED) is 0.579. The van der Waals surface area contributed by atoms with Gasteiger partial charge in [-0.05, 0) is 48.4 Å². The summed E-state index contributed by atoms with van der Waals surface area (Å²) in [5, 5.41) is 12.2. The summed E-state index contributed by atoms with van der Waals surface area (Å²) in [6.07, 6.45) is -4.93. The van der Waals surface area contributed by atoms with Gasteiger partial charge in [-0.15, -0.1) is 0 Å². The molecule has 0 aliphatic rings. The molecular formula is C19H17F3N2O3. The van der Waals surface area contributed by atoms with Crippen LogP contribution in [0.1, 0.15) is 28.6 Å². The largest absolute Gasteiger partial charge is 0.478 e. The SMILES string of the molecule is CC(N)NCc1cc2cc(-c3ccc(C(=O)O)cc3)cc(C(F)(F)F)c2o1. The Hall–Kier alpha value is -2.84. The first-order valence-corrected chi connectivity index (χ1v) is 8.11. The summed E-state index contributed by atoms with van der Waals surface area (Å²) < 4.78 is 46.0. The molecule has 0 fully saturated rings. The van der Waals surface area contributed by atoms with Gasteiger partial charge in [0, 0.05) is 5.39 Å². The zero-order valence-corrected chi connectivity index (χ0v) is 14.3. The van der Waals surface area contributed by atoms with Crippen molar-refractivity contribution in [3.8, 4) is 11.1 Å². The number of alkyl halides is 3. The summed E-state index contributed by atoms with van der Waals surface area (Å²) in [6, 6.07) is 9.77. The van der Waals surface area contributed by atoms with Gasteiger partial charge in [0.1, 0.15) is 11.3 Å². The Balaban J connectivity index is 2.09. The lowest BCUT2D eigenvalue weighted by atomic mass is 9.99. The lowest BCUT2D eigenvalue weighted by Crippen LogP contribution is -2.33. The molecule has 0 spiro atoms. The van der Waals surface area contributed by atoms with Gasteiger partial charge in [-0.1, -0.05) is 12.1 Å². The predicted octanol–water partition coefficient (Wildman–Crippen LogP) is 4.21. The monoisotopic (exact) mass is 378 g/mol. The Morgan fingerprint density at radius 2 is 1.85 bits per heavy atom. The number of hydrogen-bond donors (Lipinski definition) is 3. The van der Waals surface area contributed by atoms with E-state index in [1.54, 1.807) is 13.0 Å². The second-order valence-electron chi connectivity index (χ2n) is 6.20. The van der Waals surface area contributed by atoms with Gasteiger partial charge in [0.15, 0.2) is 0 Å². The number of halogens is 3. The van der Waals surface area contributed by atoms with Crippen LogP contribution in [-0.2, 0) is 12.7 Å². The summed E-state index contributed by atoms with van der Waals surface area (Å²) in [4.78, 5) is 10.9. The van der Waals surface area contributed by atoms with Crippen LogP contribution in [0.5, 0.6) is 0 Å². The van der Waals surface area contributed by atoms with Crippen LogP contribution in [0.25, 0.3) is 22.1 Å². The maximum absolute atomic E-state index is 13.5. The Kier molecular flexibility index (Phi) is 4.95. The average molecular weight is 378 g/mol. The van der Waals surface area contributed by atoms with E-state index in [1.165, 1.54) is 30.3 Å². The number of benzene rings is 2. The molecule has 3 aromatic rings. The Bertz CT molecular complexity index is 976. The van der Waals surface area contributed by atoms with Gasteiger partial charge in [-0.3, -0.25) is 5.32 Å². The number of carboxylic acids is 1. The van der Waals surface area contributed by atoms with Crippen molar-refractivity contribution in [2.45, 2.75) is 25.8 Å². The molecule has 1 heterocycles. The number of rotatable bonds is 5. The van der Waals surface area contributed by atoms with E-state index in [-0.39, 0.29) is 23.9 Å². The van der Waals surface area contributed by atoms with E-state index >= 15 is 0 Å². The molecule has 1 atom stereocenters. The lowest BCUT2D eigenvalue weighted by Gasteiger charge is -2.10. The van der Waals surface area contributed by atoms with Gasteiger partial charge < -0.3 is 15.3 Å². The van der Waals surface area contributed by atoms with Crippen molar-refractivity contribution in [1.29, 1.82) is 0 Å². The number of carbonyl (C=O) groups is 1. The number of fused-ring (bicyclic) bond motifs is 1. The highest BCUT2D eigenvalue weighted by Gasteiger charge is 2.35. The summed E-state index contributed by atoms with van der Waals surface area (Å²) in [6.45, 7) is 1.91. The van der Waals surface area contributed by atoms with Gasteiger partial charge in [-0.25, -0.2) is 4.79 Å². The second kappa shape index (κ2) is 7.05. The first kappa shape index (κ1) is 18.9. The Labute approximate surface area is 152 Å². The number of carboxylic acid groups (broad SMARTS) is 1. The van der Waals surface area contributed by atoms with Crippen molar-refractivity contribution in [2.24, 2.45) is 5.73 Å². The van der Waals surface area contributed by atoms with E-state index in [0.717, 1.165) is 6.07 Å². The number of nitrogens with two attached hydrogens (primary N) is 1. The third kappa shape index (κ3) is 4.12. The molecular weight excluding hydrogens is 361 g/mol. The molecule has 0 radical (unpaired) electrons. The van der Waals surface area contributed by atoms with Crippen LogP contribution in [0, 0.1) is 0 Å². The topological polar surface area (TPSA) is 88.5 Å². The molecule has 4 N–H and O–H groups in total. The molecule has 2 aromatic carbocycles. The standard InChI is InChI=1S/C19H17F3N2O3/c1-10(23)24-9-15-7-14-6-13(8-16(17(14)27-15)19(20,21)22)11-2-4-12(5-3-11)18(25)26/h2-8,10,24H,9,23H2,1H3,(H,25,26). The van der Waals surface area contributed by atoms with Crippen molar-refractivity contribution >= 4 is 16.9 Å². The zero-order chi connectivity index (χ0) is 19.8. The minimum absolute atomic E-state index is 0.0587. The van der Waals surface area contributed by atoms with E-state index in [0.29, 0.717) is 22.3 Å². The van der Waals surface area contributed by atoms with Crippen molar-refractivity contribution in [1.82, 2.24) is 5.32 Å². The fourth-order valence-corrected chi connectivity index (χ4v) is 2.74. The summed E-state index contributed by atoms with van der Waals surface area (Å²) in [5.74, 6) is -0.764. The van der Waals surface area contributed by atoms with Crippen molar-refractivity contribution in [3.63, 3.8) is 0 Å². The molecule has 0 saturated carbocycles. The molecule has 0 saturated heterocycles. The maximum Gasteiger partial charge on any atom is 0.420 e. The second-order valence-corrected chi connectivity index (χ2v) is 6.20. The van der Waals surface area contributed by atoms with E-state index < -0.39 is 17.7 Å². The zero-order valence-electron chi connectivity index (χ0n) is 14.3. The molecule has 0 aliphatic heterocycles. The highest BCUT2D eigenvalue weighted by molar-refractivity contribution is 5.90. The van der Waals surface area contributed by atoms with Crippen molar-refractivity contribution in [2.75, 3.05) is 0 Å². The molecule has 0 amide bonds. The highest BCUT2D eigenvalue weighted by Crippen LogP contribution is 2.39. The van der Waals surface area contributed by atoms with E-state index in [4.69, 9.17) is 15.3 Å². The van der Waals surface area contributed by atoms with E-state index in [2.05, 4.69) is 5.32 Å². The van der Waals surface area contributed by atoms with Gasteiger partial charge in [0.25, 0.3) is 0 Å². The normalized spacial score (nSPS) is 13.1. The van der Waals surface area contributed by atoms with Crippen LogP contribution in [-0.4, -0.2) is 17.2 Å². The molecule has 5 nitrogen and oxygen atoms in total. The molecule has 0 aliphatic carbocycles. The Morgan fingerprint density at radius 1 is 1.19 bits per heavy atom. The summed E-state index contributed by atoms with van der Waals surface area (Å²) >= 11 is 0. The van der Waals surface area contributed by atoms with Crippen molar-refractivity contribution < 1.29 is 27.5 Å². The minimum atomic E-state index is -4.60. The molecule has 27 heavy (non-hydrogen) atoms. The van der Waals surface area contributed by atoms with Gasteiger partial charge >= 0.3 is 12.1 Å². The first-order chi connectivity index (χ1) is 12.6. The smallest absolute Gasteiger partial charge is 0.420 e. The summed E-state index contributed by atoms with van der Waals surface area (Å²) in [5.41, 5.74) is 5.32. The highest BCUT2D eigenvalue weighted by atomic mass is 19.4. The van der Waals surface area contributed by atoms with Crippen LogP contribution in [0.4, 0.5) is 13.2 Å². The van der Waals surface area contributed by atoms with Crippen LogP contribution in [0.2, 0.25) is 0 Å². The molecule has 1 aromatic heterocycles. The Morgan fingerprint density at radius 3 is 2.41 bits per heavy atom. The van der Waals surface area contributed by atoms with E-state index in [9.17, 15) is 18.0 Å². The van der Waals surface area contributed by atoms with Gasteiger partial charge in [-0.2, -0.15) is 13.2 Å². The summed E-state index contributed by atoms with van der Waals surface area (Å²) in [7, 11) is 0. The van der Waals surface area contributed by atoms with Crippen LogP contribution in [0.3, 0.4) is 0 Å².